The Kier molecular flexibility index (Phi) is 5.44. The first-order chi connectivity index (χ1) is 11.9. The maximum absolute atomic E-state index is 12.6. The highest BCUT2D eigenvalue weighted by molar-refractivity contribution is 7.16. The molecule has 8 heteroatoms. The number of hydrogen-bond acceptors (Lipinski definition) is 5. The quantitative estimate of drug-likeness (QED) is 0.766. The van der Waals surface area contributed by atoms with Gasteiger partial charge in [-0.15, -0.1) is 0 Å². The van der Waals surface area contributed by atoms with Crippen LogP contribution in [0.25, 0.3) is 10.2 Å². The van der Waals surface area contributed by atoms with Gasteiger partial charge in [-0.05, 0) is 24.1 Å². The Morgan fingerprint density at radius 2 is 2.04 bits per heavy atom. The van der Waals surface area contributed by atoms with Crippen molar-refractivity contribution in [3.05, 3.63) is 32.9 Å². The predicted molar refractivity (Wildman–Crippen MR) is 103 cm³/mol. The summed E-state index contributed by atoms with van der Waals surface area (Å²) in [5.74, 6) is 0.361. The van der Waals surface area contributed by atoms with Gasteiger partial charge in [0.05, 0.1) is 23.3 Å². The molecule has 3 rings (SSSR count). The predicted octanol–water partition coefficient (Wildman–Crippen LogP) is 2.50. The van der Waals surface area contributed by atoms with E-state index in [0.29, 0.717) is 37.1 Å². The van der Waals surface area contributed by atoms with Crippen molar-refractivity contribution in [1.82, 2.24) is 14.5 Å². The van der Waals surface area contributed by atoms with Crippen LogP contribution >= 0.6 is 22.9 Å². The lowest BCUT2D eigenvalue weighted by Crippen LogP contribution is -2.48. The zero-order valence-electron chi connectivity index (χ0n) is 14.3. The SMILES string of the molecule is CC(C)C=NN1CCN(C(=O)Cn2c(=O)sc3ccc(Cl)cc32)CC1. The van der Waals surface area contributed by atoms with E-state index in [-0.39, 0.29) is 17.3 Å². The highest BCUT2D eigenvalue weighted by Gasteiger charge is 2.21. The molecule has 2 heterocycles. The molecule has 0 N–H and O–H groups in total. The largest absolute Gasteiger partial charge is 0.337 e. The average molecular weight is 381 g/mol. The van der Waals surface area contributed by atoms with Crippen LogP contribution < -0.4 is 4.87 Å². The van der Waals surface area contributed by atoms with Gasteiger partial charge in [0.1, 0.15) is 6.54 Å². The first kappa shape index (κ1) is 17.9. The maximum atomic E-state index is 12.6. The monoisotopic (exact) mass is 380 g/mol. The number of carbonyl (C=O) groups excluding carboxylic acids is 1. The summed E-state index contributed by atoms with van der Waals surface area (Å²) in [4.78, 5) is 26.5. The number of carbonyl (C=O) groups is 1. The van der Waals surface area contributed by atoms with Crippen LogP contribution in [0, 0.1) is 5.92 Å². The number of aromatic nitrogens is 1. The molecule has 1 fully saturated rings. The van der Waals surface area contributed by atoms with Gasteiger partial charge in [0.2, 0.25) is 5.91 Å². The lowest BCUT2D eigenvalue weighted by molar-refractivity contribution is -0.133. The van der Waals surface area contributed by atoms with Crippen molar-refractivity contribution in [3.63, 3.8) is 0 Å². The van der Waals surface area contributed by atoms with Crippen LogP contribution in [-0.4, -0.2) is 52.8 Å². The van der Waals surface area contributed by atoms with Crippen LogP contribution in [0.5, 0.6) is 0 Å². The molecule has 1 aliphatic heterocycles. The molecule has 0 atom stereocenters. The summed E-state index contributed by atoms with van der Waals surface area (Å²) in [5, 5.41) is 6.96. The average Bonchev–Trinajstić information content (AvgIpc) is 2.88. The van der Waals surface area contributed by atoms with Crippen molar-refractivity contribution in [3.8, 4) is 0 Å². The minimum absolute atomic E-state index is 0.0470. The van der Waals surface area contributed by atoms with E-state index in [1.807, 2.05) is 17.3 Å². The van der Waals surface area contributed by atoms with E-state index in [1.165, 1.54) is 4.57 Å². The van der Waals surface area contributed by atoms with Gasteiger partial charge in [-0.1, -0.05) is 36.8 Å². The molecule has 1 amide bonds. The Hall–Kier alpha value is -1.86. The van der Waals surface area contributed by atoms with Gasteiger partial charge in [0.25, 0.3) is 0 Å². The molecular formula is C17H21ClN4O2S. The summed E-state index contributed by atoms with van der Waals surface area (Å²) < 4.78 is 2.35. The summed E-state index contributed by atoms with van der Waals surface area (Å²) in [6, 6.07) is 5.31. The third kappa shape index (κ3) is 4.22. The van der Waals surface area contributed by atoms with Crippen LogP contribution in [0.1, 0.15) is 13.8 Å². The molecule has 0 saturated carbocycles. The Balaban J connectivity index is 1.67. The van der Waals surface area contributed by atoms with Crippen LogP contribution in [0.2, 0.25) is 5.02 Å². The highest BCUT2D eigenvalue weighted by Crippen LogP contribution is 2.21. The summed E-state index contributed by atoms with van der Waals surface area (Å²) in [6.07, 6.45) is 1.91. The first-order valence-corrected chi connectivity index (χ1v) is 9.49. The van der Waals surface area contributed by atoms with E-state index in [2.05, 4.69) is 18.9 Å². The Morgan fingerprint density at radius 3 is 2.72 bits per heavy atom. The van der Waals surface area contributed by atoms with Crippen LogP contribution in [-0.2, 0) is 11.3 Å². The molecule has 0 radical (unpaired) electrons. The van der Waals surface area contributed by atoms with Crippen molar-refractivity contribution >= 4 is 45.3 Å². The number of hydrazone groups is 1. The van der Waals surface area contributed by atoms with Gasteiger partial charge < -0.3 is 4.90 Å². The van der Waals surface area contributed by atoms with Gasteiger partial charge >= 0.3 is 4.87 Å². The van der Waals surface area contributed by atoms with E-state index in [0.717, 1.165) is 21.6 Å². The Morgan fingerprint density at radius 1 is 1.32 bits per heavy atom. The fourth-order valence-electron chi connectivity index (χ4n) is 2.71. The van der Waals surface area contributed by atoms with Gasteiger partial charge in [-0.3, -0.25) is 19.2 Å². The summed E-state index contributed by atoms with van der Waals surface area (Å²) in [5.41, 5.74) is 0.719. The molecule has 6 nitrogen and oxygen atoms in total. The Bertz CT molecular complexity index is 850. The molecule has 0 aliphatic carbocycles. The minimum atomic E-state index is -0.134. The smallest absolute Gasteiger partial charge is 0.308 e. The third-order valence-corrected chi connectivity index (χ3v) is 5.25. The summed E-state index contributed by atoms with van der Waals surface area (Å²) in [6.45, 7) is 6.86. The molecule has 1 aromatic heterocycles. The molecule has 0 bridgehead atoms. The first-order valence-electron chi connectivity index (χ1n) is 8.30. The molecule has 2 aromatic rings. The molecule has 1 aromatic carbocycles. The fourth-order valence-corrected chi connectivity index (χ4v) is 3.75. The second-order valence-electron chi connectivity index (χ2n) is 6.41. The number of piperazine rings is 1. The number of thiazole rings is 1. The van der Waals surface area contributed by atoms with Crippen molar-refractivity contribution in [2.75, 3.05) is 26.2 Å². The van der Waals surface area contributed by atoms with Crippen molar-refractivity contribution in [2.24, 2.45) is 11.0 Å². The van der Waals surface area contributed by atoms with E-state index in [1.54, 1.807) is 17.0 Å². The van der Waals surface area contributed by atoms with E-state index in [4.69, 9.17) is 11.6 Å². The molecule has 0 spiro atoms. The number of nitrogens with zero attached hydrogens (tertiary/aromatic N) is 4. The molecule has 134 valence electrons. The second-order valence-corrected chi connectivity index (χ2v) is 7.84. The molecule has 25 heavy (non-hydrogen) atoms. The molecular weight excluding hydrogens is 360 g/mol. The molecule has 1 aliphatic rings. The summed E-state index contributed by atoms with van der Waals surface area (Å²) >= 11 is 7.16. The Labute approximate surface area is 155 Å². The zero-order chi connectivity index (χ0) is 18.0. The second kappa shape index (κ2) is 7.58. The maximum Gasteiger partial charge on any atom is 0.308 e. The minimum Gasteiger partial charge on any atom is -0.337 e. The van der Waals surface area contributed by atoms with E-state index >= 15 is 0 Å². The number of hydrogen-bond donors (Lipinski definition) is 0. The van der Waals surface area contributed by atoms with E-state index < -0.39 is 0 Å². The van der Waals surface area contributed by atoms with Crippen LogP contribution in [0.15, 0.2) is 28.1 Å². The number of fused-ring (bicyclic) bond motifs is 1. The molecule has 0 unspecified atom stereocenters. The highest BCUT2D eigenvalue weighted by atomic mass is 35.5. The van der Waals surface area contributed by atoms with Crippen molar-refractivity contribution in [1.29, 1.82) is 0 Å². The number of benzene rings is 1. The molecule has 1 saturated heterocycles. The van der Waals surface area contributed by atoms with Gasteiger partial charge in [-0.25, -0.2) is 0 Å². The van der Waals surface area contributed by atoms with Crippen molar-refractivity contribution < 1.29 is 4.79 Å². The van der Waals surface area contributed by atoms with Gasteiger partial charge in [0, 0.05) is 24.3 Å². The zero-order valence-corrected chi connectivity index (χ0v) is 15.9. The van der Waals surface area contributed by atoms with Crippen molar-refractivity contribution in [2.45, 2.75) is 20.4 Å². The number of halogens is 1. The summed E-state index contributed by atoms with van der Waals surface area (Å²) in [7, 11) is 0. The number of rotatable bonds is 4. The normalized spacial score (nSPS) is 15.7. The lowest BCUT2D eigenvalue weighted by Gasteiger charge is -2.33. The van der Waals surface area contributed by atoms with E-state index in [9.17, 15) is 9.59 Å². The lowest BCUT2D eigenvalue weighted by atomic mass is 10.2. The number of amides is 1. The van der Waals surface area contributed by atoms with Crippen LogP contribution in [0.4, 0.5) is 0 Å². The van der Waals surface area contributed by atoms with Gasteiger partial charge in [-0.2, -0.15) is 5.10 Å². The fraction of sp³-hybridized carbons (Fsp3) is 0.471. The standard InChI is InChI=1S/C17H21ClN4O2S/c1-12(2)10-19-21-7-5-20(6-8-21)16(23)11-22-14-9-13(18)3-4-15(14)25-17(22)24/h3-4,9-10,12H,5-8,11H2,1-2H3. The van der Waals surface area contributed by atoms with Gasteiger partial charge in [0.15, 0.2) is 0 Å². The third-order valence-electron chi connectivity index (χ3n) is 4.06. The van der Waals surface area contributed by atoms with Crippen LogP contribution in [0.3, 0.4) is 0 Å². The topological polar surface area (TPSA) is 57.9 Å².